The van der Waals surface area contributed by atoms with Crippen molar-refractivity contribution in [2.75, 3.05) is 0 Å². The van der Waals surface area contributed by atoms with E-state index < -0.39 is 23.5 Å². The summed E-state index contributed by atoms with van der Waals surface area (Å²) in [6, 6.07) is 0. The van der Waals surface area contributed by atoms with E-state index in [4.69, 9.17) is 0 Å². The van der Waals surface area contributed by atoms with Gasteiger partial charge < -0.3 is 0 Å². The number of carbonyl (C=O) groups is 4. The molecule has 0 radical (unpaired) electrons. The number of allylic oxidation sites excluding steroid dienone is 4. The Morgan fingerprint density at radius 1 is 1.20 bits per heavy atom. The molecule has 5 nitrogen and oxygen atoms in total. The molecule has 1 aliphatic carbocycles. The molecular formula is C15H15NO4. The molecule has 1 heterocycles. The molecule has 2 atom stereocenters. The summed E-state index contributed by atoms with van der Waals surface area (Å²) in [7, 11) is 0. The Labute approximate surface area is 116 Å². The molecule has 104 valence electrons. The molecular weight excluding hydrogens is 258 g/mol. The largest absolute Gasteiger partial charge is 0.298 e. The van der Waals surface area contributed by atoms with Crippen molar-refractivity contribution in [1.82, 2.24) is 5.32 Å². The van der Waals surface area contributed by atoms with Crippen LogP contribution in [0, 0.1) is 11.8 Å². The zero-order valence-electron chi connectivity index (χ0n) is 11.0. The molecule has 0 spiro atoms. The number of hydrogen-bond acceptors (Lipinski definition) is 4. The van der Waals surface area contributed by atoms with Crippen LogP contribution in [0.4, 0.5) is 0 Å². The first-order chi connectivity index (χ1) is 9.45. The molecule has 1 saturated carbocycles. The summed E-state index contributed by atoms with van der Waals surface area (Å²) in [6.45, 7) is 7.24. The van der Waals surface area contributed by atoms with Crippen LogP contribution >= 0.6 is 0 Å². The molecule has 1 aliphatic heterocycles. The van der Waals surface area contributed by atoms with E-state index in [1.807, 2.05) is 0 Å². The number of Topliss-reactive ketones (excluding diaryl/α,β-unsaturated/α-hetero) is 2. The van der Waals surface area contributed by atoms with Crippen molar-refractivity contribution in [1.29, 1.82) is 0 Å². The highest BCUT2D eigenvalue weighted by atomic mass is 16.2. The number of nitrogens with one attached hydrogen (secondary N) is 1. The third-order valence-electron chi connectivity index (χ3n) is 3.63. The van der Waals surface area contributed by atoms with Crippen LogP contribution < -0.4 is 5.32 Å². The lowest BCUT2D eigenvalue weighted by Gasteiger charge is -2.31. The number of piperidine rings is 1. The summed E-state index contributed by atoms with van der Waals surface area (Å²) < 4.78 is 0. The lowest BCUT2D eigenvalue weighted by atomic mass is 9.71. The first-order valence-corrected chi connectivity index (χ1v) is 6.37. The number of hydrogen-bond donors (Lipinski definition) is 1. The fourth-order valence-corrected chi connectivity index (χ4v) is 2.66. The predicted molar refractivity (Wildman–Crippen MR) is 71.4 cm³/mol. The average molecular weight is 273 g/mol. The van der Waals surface area contributed by atoms with Gasteiger partial charge in [-0.15, -0.1) is 0 Å². The van der Waals surface area contributed by atoms with Crippen LogP contribution in [-0.2, 0) is 19.2 Å². The Balaban J connectivity index is 2.32. The number of carbonyl (C=O) groups excluding carboxylic acids is 4. The normalized spacial score (nSPS) is 29.6. The molecule has 0 aromatic carbocycles. The van der Waals surface area contributed by atoms with Crippen molar-refractivity contribution in [3.05, 3.63) is 36.5 Å². The zero-order valence-corrected chi connectivity index (χ0v) is 11.0. The van der Waals surface area contributed by atoms with Gasteiger partial charge in [0.15, 0.2) is 5.78 Å². The van der Waals surface area contributed by atoms with Gasteiger partial charge in [0.2, 0.25) is 11.8 Å². The van der Waals surface area contributed by atoms with E-state index in [1.54, 1.807) is 0 Å². The Morgan fingerprint density at radius 3 is 2.50 bits per heavy atom. The highest BCUT2D eigenvalue weighted by Crippen LogP contribution is 2.34. The molecule has 2 unspecified atom stereocenters. The summed E-state index contributed by atoms with van der Waals surface area (Å²) in [5.74, 6) is -3.41. The van der Waals surface area contributed by atoms with Crippen LogP contribution in [0.2, 0.25) is 0 Å². The molecule has 1 N–H and O–H groups in total. The summed E-state index contributed by atoms with van der Waals surface area (Å²) in [6.07, 6.45) is 3.38. The van der Waals surface area contributed by atoms with Gasteiger partial charge in [0, 0.05) is 18.4 Å². The molecule has 0 aromatic heterocycles. The van der Waals surface area contributed by atoms with E-state index in [0.717, 1.165) is 0 Å². The van der Waals surface area contributed by atoms with Crippen LogP contribution in [0.5, 0.6) is 0 Å². The number of imide groups is 1. The van der Waals surface area contributed by atoms with Gasteiger partial charge in [-0.2, -0.15) is 0 Å². The molecule has 0 bridgehead atoms. The minimum absolute atomic E-state index is 0.0494. The molecule has 0 aromatic rings. The lowest BCUT2D eigenvalue weighted by molar-refractivity contribution is -0.145. The van der Waals surface area contributed by atoms with Crippen molar-refractivity contribution in [2.24, 2.45) is 11.8 Å². The Hall–Kier alpha value is -2.30. The molecule has 2 fully saturated rings. The summed E-state index contributed by atoms with van der Waals surface area (Å²) in [5.41, 5.74) is 0.790. The van der Waals surface area contributed by atoms with Gasteiger partial charge in [-0.1, -0.05) is 25.3 Å². The second kappa shape index (κ2) is 5.36. The smallest absolute Gasteiger partial charge is 0.230 e. The maximum atomic E-state index is 12.4. The van der Waals surface area contributed by atoms with Gasteiger partial charge in [-0.3, -0.25) is 24.5 Å². The monoisotopic (exact) mass is 273 g/mol. The summed E-state index contributed by atoms with van der Waals surface area (Å²) in [5, 5.41) is 2.18. The number of ketones is 2. The number of rotatable bonds is 2. The Kier molecular flexibility index (Phi) is 3.79. The van der Waals surface area contributed by atoms with E-state index >= 15 is 0 Å². The van der Waals surface area contributed by atoms with Crippen LogP contribution in [0.25, 0.3) is 0 Å². The fourth-order valence-electron chi connectivity index (χ4n) is 2.66. The van der Waals surface area contributed by atoms with Crippen molar-refractivity contribution in [3.63, 3.8) is 0 Å². The first kappa shape index (κ1) is 14.1. The van der Waals surface area contributed by atoms with Crippen LogP contribution in [0.3, 0.4) is 0 Å². The standard InChI is InChI=1S/C15H15NO4/c1-3-4-9-8(2)7-11(17)13(14(9)19)10-5-6-12(18)16-15(10)20/h3-4,10,13H,1-2,5-7H2,(H,16,18,20)/b9-4+. The fraction of sp³-hybridized carbons (Fsp3) is 0.333. The maximum Gasteiger partial charge on any atom is 0.230 e. The van der Waals surface area contributed by atoms with Crippen molar-refractivity contribution in [3.8, 4) is 0 Å². The number of amides is 2. The minimum atomic E-state index is -1.01. The van der Waals surface area contributed by atoms with Gasteiger partial charge in [-0.25, -0.2) is 0 Å². The molecule has 20 heavy (non-hydrogen) atoms. The quantitative estimate of drug-likeness (QED) is 0.460. The highest BCUT2D eigenvalue weighted by Gasteiger charge is 2.45. The van der Waals surface area contributed by atoms with Gasteiger partial charge in [0.1, 0.15) is 5.78 Å². The third kappa shape index (κ3) is 2.39. The molecule has 5 heteroatoms. The molecule has 2 amide bonds. The summed E-state index contributed by atoms with van der Waals surface area (Å²) in [4.78, 5) is 47.5. The molecule has 2 aliphatic rings. The zero-order chi connectivity index (χ0) is 14.9. The minimum Gasteiger partial charge on any atom is -0.298 e. The summed E-state index contributed by atoms with van der Waals surface area (Å²) >= 11 is 0. The van der Waals surface area contributed by atoms with E-state index in [0.29, 0.717) is 11.1 Å². The highest BCUT2D eigenvalue weighted by molar-refractivity contribution is 6.19. The van der Waals surface area contributed by atoms with Gasteiger partial charge >= 0.3 is 0 Å². The van der Waals surface area contributed by atoms with Crippen LogP contribution in [-0.4, -0.2) is 23.4 Å². The van der Waals surface area contributed by atoms with E-state index in [1.165, 1.54) is 12.2 Å². The van der Waals surface area contributed by atoms with Gasteiger partial charge in [0.05, 0.1) is 11.8 Å². The third-order valence-corrected chi connectivity index (χ3v) is 3.63. The van der Waals surface area contributed by atoms with Gasteiger partial charge in [-0.05, 0) is 12.0 Å². The predicted octanol–water partition coefficient (Wildman–Crippen LogP) is 0.866. The lowest BCUT2D eigenvalue weighted by Crippen LogP contribution is -2.49. The van der Waals surface area contributed by atoms with E-state index in [9.17, 15) is 19.2 Å². The Morgan fingerprint density at radius 2 is 1.90 bits per heavy atom. The Bertz CT molecular complexity index is 570. The van der Waals surface area contributed by atoms with Crippen molar-refractivity contribution >= 4 is 23.4 Å². The van der Waals surface area contributed by atoms with Crippen molar-refractivity contribution in [2.45, 2.75) is 19.3 Å². The molecule has 2 rings (SSSR count). The average Bonchev–Trinajstić information content (AvgIpc) is 2.37. The van der Waals surface area contributed by atoms with Gasteiger partial charge in [0.25, 0.3) is 0 Å². The molecule has 1 saturated heterocycles. The SMILES string of the molecule is C=C/C=C1\C(=C)CC(=O)C(C2CCC(=O)NC2=O)C1=O. The second-order valence-corrected chi connectivity index (χ2v) is 4.96. The maximum absolute atomic E-state index is 12.4. The first-order valence-electron chi connectivity index (χ1n) is 6.37. The van der Waals surface area contributed by atoms with E-state index in [2.05, 4.69) is 18.5 Å². The van der Waals surface area contributed by atoms with Crippen molar-refractivity contribution < 1.29 is 19.2 Å². The van der Waals surface area contributed by atoms with E-state index in [-0.39, 0.29) is 31.0 Å². The van der Waals surface area contributed by atoms with Crippen LogP contribution in [0.15, 0.2) is 36.5 Å². The second-order valence-electron chi connectivity index (χ2n) is 4.96. The van der Waals surface area contributed by atoms with Crippen LogP contribution in [0.1, 0.15) is 19.3 Å². The topological polar surface area (TPSA) is 80.3 Å².